The number of esters is 4. The zero-order valence-electron chi connectivity index (χ0n) is 65.9. The molecular weight excluding hydrogens is 1970 g/mol. The minimum absolute atomic E-state index is 0.0585. The van der Waals surface area contributed by atoms with E-state index in [1.165, 1.54) is 111 Å². The molecule has 16 rings (SSSR count). The summed E-state index contributed by atoms with van der Waals surface area (Å²) in [6.45, 7) is 10.7. The van der Waals surface area contributed by atoms with Crippen LogP contribution in [0.5, 0.6) is 0 Å². The number of hydrogen-bond acceptors (Lipinski definition) is 29. The molecule has 0 bridgehead atoms. The summed E-state index contributed by atoms with van der Waals surface area (Å²) in [6, 6.07) is 13.8. The fourth-order valence-electron chi connectivity index (χ4n) is 14.5. The van der Waals surface area contributed by atoms with Crippen LogP contribution in [-0.4, -0.2) is 222 Å². The van der Waals surface area contributed by atoms with Crippen LogP contribution in [0.1, 0.15) is 107 Å². The van der Waals surface area contributed by atoms with Crippen molar-refractivity contribution in [2.75, 3.05) is 106 Å². The average Bonchev–Trinajstić information content (AvgIpc) is 1.65. The van der Waals surface area contributed by atoms with Gasteiger partial charge in [-0.25, -0.2) is 75.0 Å². The summed E-state index contributed by atoms with van der Waals surface area (Å²) in [7, 11) is -2.40. The number of nitrogens with one attached hydrogen (secondary N) is 2. The Kier molecular flexibility index (Phi) is 30.6. The lowest BCUT2D eigenvalue weighted by Crippen LogP contribution is -2.53. The molecule has 4 aromatic heterocycles. The van der Waals surface area contributed by atoms with Crippen molar-refractivity contribution in [2.24, 2.45) is 20.0 Å². The first-order chi connectivity index (χ1) is 59.3. The van der Waals surface area contributed by atoms with Gasteiger partial charge in [-0.15, -0.1) is 45.3 Å². The fraction of sp³-hybridized carbons (Fsp3) is 0.338. The molecule has 2 unspecified atom stereocenters. The van der Waals surface area contributed by atoms with E-state index in [1.54, 1.807) is 75.6 Å². The Balaban J connectivity index is 0.000000141. The smallest absolute Gasteiger partial charge is 0.410 e. The molecule has 0 aliphatic carbocycles. The Morgan fingerprint density at radius 3 is 1.18 bits per heavy atom. The maximum atomic E-state index is 13.8. The number of rotatable bonds is 20. The summed E-state index contributed by atoms with van der Waals surface area (Å²) in [4.78, 5) is 111. The van der Waals surface area contributed by atoms with Crippen molar-refractivity contribution in [2.45, 2.75) is 71.1 Å². The highest BCUT2D eigenvalue weighted by molar-refractivity contribution is 9.11. The van der Waals surface area contributed by atoms with E-state index in [0.717, 1.165) is 29.5 Å². The average molecular weight is 2050 g/mol. The van der Waals surface area contributed by atoms with Crippen LogP contribution in [0, 0.1) is 23.3 Å². The van der Waals surface area contributed by atoms with E-state index in [9.17, 15) is 58.7 Å². The van der Waals surface area contributed by atoms with E-state index in [4.69, 9.17) is 43.7 Å². The third-order valence-electron chi connectivity index (χ3n) is 19.8. The number of aliphatic imine (C=N–C) groups is 4. The van der Waals surface area contributed by atoms with Gasteiger partial charge in [0, 0.05) is 141 Å². The van der Waals surface area contributed by atoms with Crippen LogP contribution in [0.2, 0.25) is 0 Å². The molecule has 0 spiro atoms. The Hall–Kier alpha value is -9.28. The number of carbonyl (C=O) groups is 5. The number of amidine groups is 4. The largest absolute Gasteiger partial charge is 0.463 e. The van der Waals surface area contributed by atoms with Gasteiger partial charge in [0.2, 0.25) is 0 Å². The van der Waals surface area contributed by atoms with Crippen LogP contribution in [0.4, 0.5) is 31.1 Å². The lowest BCUT2D eigenvalue weighted by atomic mass is 9.93. The van der Waals surface area contributed by atoms with Crippen molar-refractivity contribution in [3.05, 3.63) is 248 Å². The number of carbonyl (C=O) groups excluding carboxylic acids is 5. The maximum absolute atomic E-state index is 13.8. The molecule has 4 fully saturated rings. The van der Waals surface area contributed by atoms with Crippen LogP contribution < -0.4 is 10.0 Å². The van der Waals surface area contributed by atoms with Crippen molar-refractivity contribution < 1.29 is 82.4 Å². The number of thiazole rings is 4. The Labute approximate surface area is 752 Å². The number of amides is 1. The van der Waals surface area contributed by atoms with Gasteiger partial charge in [0.25, 0.3) is 16.6 Å². The quantitative estimate of drug-likeness (QED) is 0.0407. The predicted molar refractivity (Wildman–Crippen MR) is 464 cm³/mol. The first-order valence-electron chi connectivity index (χ1n) is 38.3. The standard InChI is InChI=1S/C22H22BrFN4O4S.C20H21BrFN5O4S2.C19H15BrF3N3O2S.C19H18BrFN4O2S/c1-3-31-21(29)17-16-12-27(22(30)32-4-2)8-9-28(16)19(20-25-7-10-33-20)26-18(17)14-6-5-13(24)11-15(14)23;1-3-31-20(28)16-15-11-26(33(29,30)23-2)7-8-27(15)18(19-24-6-9-32-19)25-17(16)13-5-4-12(22)10-14(13)21;20-12-8-10(21)3-4-11(12)16-15(19(27)28-9-14(22)23)13-2-1-6-26(13)17(25-16)18-24-5-7-29-18;1-2-27-19(26)15-14-10-22-5-7-25(14)17(18-23-6-8-28-18)24-16(15)12-4-3-11(21)9-13(12)20/h5-7,10-11,18H,3-4,8-9,12H2,1-2H3;4-6,9-10,17,23H,3,7-8,11H2,1-2H3;3-5,7-8,14,16H,1-2,6,9H2;3-4,6,8-9,16,22H,2,5,7,10H2,1H3/t18-;17-;;/m00../s1. The lowest BCUT2D eigenvalue weighted by Gasteiger charge is -2.42. The number of hydrogen-bond donors (Lipinski definition) is 2. The molecule has 28 nitrogen and oxygen atoms in total. The molecule has 0 radical (unpaired) electrons. The van der Waals surface area contributed by atoms with Gasteiger partial charge in [-0.2, -0.15) is 12.7 Å². The highest BCUT2D eigenvalue weighted by atomic mass is 79.9. The van der Waals surface area contributed by atoms with Crippen LogP contribution in [0.15, 0.2) is 202 Å². The van der Waals surface area contributed by atoms with Gasteiger partial charge >= 0.3 is 30.0 Å². The second kappa shape index (κ2) is 41.2. The summed E-state index contributed by atoms with van der Waals surface area (Å²) in [6.07, 6.45) is 4.88. The molecule has 123 heavy (non-hydrogen) atoms. The van der Waals surface area contributed by atoms with Gasteiger partial charge in [-0.3, -0.25) is 20.0 Å². The number of alkyl halides is 2. The SMILES string of the molecule is CCOC(=O)C1=C2CN(C(=O)OCC)CCN2C(c2nccs2)=N[C@H]1c1ccc(F)cc1Br.CCOC(=O)C1=C2CN(S(=O)(=O)NC)CCN2C(c2nccs2)=N[C@H]1c1ccc(F)cc1Br.CCOC(=O)C1=C2CNCCN2C(c2nccs2)=NC1c1ccc(F)cc1Br.O=C(OCC(F)F)C1=C2CCCN2C(c2nccs2)=NC1c1ccc(F)cc1Br. The molecule has 1 amide bonds. The van der Waals surface area contributed by atoms with E-state index >= 15 is 0 Å². The molecule has 8 aliphatic rings. The van der Waals surface area contributed by atoms with E-state index in [1.807, 2.05) is 41.1 Å². The number of fused-ring (bicyclic) bond motifs is 4. The van der Waals surface area contributed by atoms with Crippen LogP contribution in [-0.2, 0) is 53.1 Å². The summed E-state index contributed by atoms with van der Waals surface area (Å²) in [5, 5.41) is 13.5. The third kappa shape index (κ3) is 20.5. The number of aromatic nitrogens is 4. The summed E-state index contributed by atoms with van der Waals surface area (Å²) < 4.78 is 137. The number of ether oxygens (including phenoxy) is 5. The van der Waals surface area contributed by atoms with Crippen molar-refractivity contribution >= 4 is 173 Å². The first-order valence-corrected chi connectivity index (χ1v) is 46.4. The Morgan fingerprint density at radius 1 is 0.472 bits per heavy atom. The molecule has 43 heteroatoms. The highest BCUT2D eigenvalue weighted by Crippen LogP contribution is 2.47. The van der Waals surface area contributed by atoms with E-state index in [0.29, 0.717) is 140 Å². The molecule has 648 valence electrons. The normalized spacial score (nSPS) is 18.9. The van der Waals surface area contributed by atoms with Gasteiger partial charge in [0.05, 0.1) is 67.5 Å². The molecular formula is C80H76Br4F6N16O12S5. The van der Waals surface area contributed by atoms with Gasteiger partial charge in [-0.1, -0.05) is 88.0 Å². The molecule has 12 heterocycles. The molecule has 4 aromatic carbocycles. The Bertz CT molecular complexity index is 5680. The molecule has 4 atom stereocenters. The third-order valence-corrected chi connectivity index (χ3v) is 27.1. The van der Waals surface area contributed by atoms with Crippen molar-refractivity contribution in [3.63, 3.8) is 0 Å². The minimum atomic E-state index is -3.74. The second-order valence-corrected chi connectivity index (χ2v) is 35.9. The number of halogens is 10. The molecule has 4 saturated heterocycles. The second-order valence-electron chi connectivity index (χ2n) is 27.1. The number of benzene rings is 4. The van der Waals surface area contributed by atoms with Crippen LogP contribution >= 0.6 is 109 Å². The van der Waals surface area contributed by atoms with E-state index < -0.39 is 94.8 Å². The maximum Gasteiger partial charge on any atom is 0.410 e. The Morgan fingerprint density at radius 2 is 0.821 bits per heavy atom. The van der Waals surface area contributed by atoms with E-state index in [-0.39, 0.29) is 69.6 Å². The summed E-state index contributed by atoms with van der Waals surface area (Å²) >= 11 is 19.3. The van der Waals surface area contributed by atoms with Crippen molar-refractivity contribution in [1.82, 2.24) is 58.8 Å². The summed E-state index contributed by atoms with van der Waals surface area (Å²) in [5.74, 6) is -1.60. The first kappa shape index (κ1) is 91.4. The van der Waals surface area contributed by atoms with Crippen LogP contribution in [0.3, 0.4) is 0 Å². The topological polar surface area (TPSA) is 310 Å². The van der Waals surface area contributed by atoms with E-state index in [2.05, 4.69) is 93.7 Å². The molecule has 2 N–H and O–H groups in total. The van der Waals surface area contributed by atoms with Gasteiger partial charge in [0.1, 0.15) is 47.4 Å². The monoisotopic (exact) mass is 2040 g/mol. The van der Waals surface area contributed by atoms with Gasteiger partial charge in [0.15, 0.2) is 50.0 Å². The minimum Gasteiger partial charge on any atom is -0.463 e. The number of piperazine rings is 3. The summed E-state index contributed by atoms with van der Waals surface area (Å²) in [5.41, 5.74) is 6.16. The van der Waals surface area contributed by atoms with Crippen molar-refractivity contribution in [3.8, 4) is 0 Å². The predicted octanol–water partition coefficient (Wildman–Crippen LogP) is 14.6. The fourth-order valence-corrected chi connectivity index (χ4v) is 20.2. The van der Waals surface area contributed by atoms with Crippen molar-refractivity contribution in [1.29, 1.82) is 0 Å². The molecule has 8 aromatic rings. The molecule has 8 aliphatic heterocycles. The zero-order chi connectivity index (χ0) is 87.5. The zero-order valence-corrected chi connectivity index (χ0v) is 76.4. The molecule has 0 saturated carbocycles. The number of allylic oxidation sites excluding steroid dienone is 1. The van der Waals surface area contributed by atoms with Gasteiger partial charge < -0.3 is 53.5 Å². The van der Waals surface area contributed by atoms with Gasteiger partial charge in [-0.05, 0) is 111 Å². The van der Waals surface area contributed by atoms with Crippen LogP contribution in [0.25, 0.3) is 0 Å². The highest BCUT2D eigenvalue weighted by Gasteiger charge is 2.46. The number of nitrogens with zero attached hydrogens (tertiary/aromatic N) is 14. The lowest BCUT2D eigenvalue weighted by molar-refractivity contribution is -0.143.